The summed E-state index contributed by atoms with van der Waals surface area (Å²) in [6, 6.07) is 8.43. The number of aromatic nitrogens is 7. The molecule has 4 rings (SSSR count). The van der Waals surface area contributed by atoms with Gasteiger partial charge in [-0.25, -0.2) is 14.6 Å². The van der Waals surface area contributed by atoms with Crippen LogP contribution < -0.4 is 0 Å². The summed E-state index contributed by atoms with van der Waals surface area (Å²) in [5, 5.41) is 8.48. The van der Waals surface area contributed by atoms with E-state index in [1.165, 1.54) is 0 Å². The van der Waals surface area contributed by atoms with E-state index in [2.05, 4.69) is 56.8 Å². The van der Waals surface area contributed by atoms with Crippen molar-refractivity contribution in [3.8, 4) is 17.1 Å². The second-order valence-electron chi connectivity index (χ2n) is 6.07. The normalized spacial score (nSPS) is 12.4. The molecule has 0 aliphatic carbocycles. The molecule has 1 atom stereocenters. The standard InChI is InChI=1S/C18H19N7/c1-14-10-16(25-8-3-6-21-25)4-5-17(14)18-20-7-9-24(18)15(2)11-23-13-19-12-22-23/h3-10,12-13,15H,11H2,1-2H3/t15-/m0/s1. The number of hydrogen-bond donors (Lipinski definition) is 0. The van der Waals surface area contributed by atoms with E-state index in [0.717, 1.165) is 29.2 Å². The first-order chi connectivity index (χ1) is 12.2. The average molecular weight is 333 g/mol. The van der Waals surface area contributed by atoms with Crippen LogP contribution in [-0.2, 0) is 6.54 Å². The number of aryl methyl sites for hydroxylation is 1. The predicted octanol–water partition coefficient (Wildman–Crippen LogP) is 2.90. The largest absolute Gasteiger partial charge is 0.326 e. The summed E-state index contributed by atoms with van der Waals surface area (Å²) < 4.78 is 5.87. The zero-order valence-corrected chi connectivity index (χ0v) is 14.2. The van der Waals surface area contributed by atoms with Crippen molar-refractivity contribution in [3.63, 3.8) is 0 Å². The van der Waals surface area contributed by atoms with Gasteiger partial charge in [0.1, 0.15) is 18.5 Å². The van der Waals surface area contributed by atoms with E-state index in [1.807, 2.05) is 34.0 Å². The molecule has 0 spiro atoms. The molecule has 0 radical (unpaired) electrons. The summed E-state index contributed by atoms with van der Waals surface area (Å²) in [6.45, 7) is 5.00. The maximum atomic E-state index is 4.59. The van der Waals surface area contributed by atoms with Crippen LogP contribution in [0.5, 0.6) is 0 Å². The van der Waals surface area contributed by atoms with Gasteiger partial charge in [-0.05, 0) is 43.7 Å². The molecule has 7 nitrogen and oxygen atoms in total. The van der Waals surface area contributed by atoms with Gasteiger partial charge in [0.15, 0.2) is 0 Å². The Morgan fingerprint density at radius 2 is 2.04 bits per heavy atom. The van der Waals surface area contributed by atoms with Gasteiger partial charge in [-0.3, -0.25) is 4.68 Å². The Kier molecular flexibility index (Phi) is 3.89. The molecule has 0 unspecified atom stereocenters. The van der Waals surface area contributed by atoms with Gasteiger partial charge >= 0.3 is 0 Å². The van der Waals surface area contributed by atoms with Crippen molar-refractivity contribution in [2.75, 3.05) is 0 Å². The molecule has 3 aromatic heterocycles. The first-order valence-corrected chi connectivity index (χ1v) is 8.18. The topological polar surface area (TPSA) is 66.3 Å². The van der Waals surface area contributed by atoms with Gasteiger partial charge in [0, 0.05) is 30.4 Å². The highest BCUT2D eigenvalue weighted by atomic mass is 15.3. The molecule has 126 valence electrons. The molecule has 0 saturated heterocycles. The molecule has 1 aromatic carbocycles. The molecule has 25 heavy (non-hydrogen) atoms. The second kappa shape index (κ2) is 6.35. The summed E-state index contributed by atoms with van der Waals surface area (Å²) >= 11 is 0. The zero-order valence-electron chi connectivity index (χ0n) is 14.2. The third-order valence-corrected chi connectivity index (χ3v) is 4.28. The molecule has 7 heteroatoms. The van der Waals surface area contributed by atoms with Crippen LogP contribution in [-0.4, -0.2) is 34.1 Å². The third kappa shape index (κ3) is 2.96. The smallest absolute Gasteiger partial charge is 0.140 e. The fraction of sp³-hybridized carbons (Fsp3) is 0.222. The Morgan fingerprint density at radius 1 is 1.12 bits per heavy atom. The zero-order chi connectivity index (χ0) is 17.2. The lowest BCUT2D eigenvalue weighted by atomic mass is 10.1. The highest BCUT2D eigenvalue weighted by Crippen LogP contribution is 2.26. The van der Waals surface area contributed by atoms with Crippen LogP contribution in [0.3, 0.4) is 0 Å². The van der Waals surface area contributed by atoms with Gasteiger partial charge in [-0.2, -0.15) is 10.2 Å². The quantitative estimate of drug-likeness (QED) is 0.563. The Morgan fingerprint density at radius 3 is 2.76 bits per heavy atom. The lowest BCUT2D eigenvalue weighted by molar-refractivity contribution is 0.439. The number of rotatable bonds is 5. The molecule has 0 bridgehead atoms. The molecule has 0 amide bonds. The Balaban J connectivity index is 1.65. The van der Waals surface area contributed by atoms with E-state index in [4.69, 9.17) is 0 Å². The number of hydrogen-bond acceptors (Lipinski definition) is 4. The van der Waals surface area contributed by atoms with E-state index in [0.29, 0.717) is 0 Å². The first kappa shape index (κ1) is 15.3. The SMILES string of the molecule is Cc1cc(-n2cccn2)ccc1-c1nccn1[C@@H](C)Cn1cncn1. The minimum atomic E-state index is 0.212. The molecule has 0 aliphatic rings. The summed E-state index contributed by atoms with van der Waals surface area (Å²) in [4.78, 5) is 8.59. The van der Waals surface area contributed by atoms with E-state index in [9.17, 15) is 0 Å². The minimum absolute atomic E-state index is 0.212. The summed E-state index contributed by atoms with van der Waals surface area (Å²) in [6.07, 6.45) is 10.9. The van der Waals surface area contributed by atoms with E-state index < -0.39 is 0 Å². The summed E-state index contributed by atoms with van der Waals surface area (Å²) in [5.74, 6) is 0.956. The number of nitrogens with zero attached hydrogens (tertiary/aromatic N) is 7. The van der Waals surface area contributed by atoms with Crippen molar-refractivity contribution >= 4 is 0 Å². The molecule has 3 heterocycles. The van der Waals surface area contributed by atoms with Crippen molar-refractivity contribution in [2.45, 2.75) is 26.4 Å². The third-order valence-electron chi connectivity index (χ3n) is 4.28. The lowest BCUT2D eigenvalue weighted by Crippen LogP contribution is -2.14. The van der Waals surface area contributed by atoms with Crippen LogP contribution in [0.1, 0.15) is 18.5 Å². The van der Waals surface area contributed by atoms with Crippen LogP contribution >= 0.6 is 0 Å². The van der Waals surface area contributed by atoms with Gasteiger partial charge in [0.2, 0.25) is 0 Å². The maximum absolute atomic E-state index is 4.59. The molecular weight excluding hydrogens is 314 g/mol. The van der Waals surface area contributed by atoms with Gasteiger partial charge in [-0.1, -0.05) is 0 Å². The molecule has 0 fully saturated rings. The fourth-order valence-corrected chi connectivity index (χ4v) is 3.03. The molecular formula is C18H19N7. The number of imidazole rings is 1. The van der Waals surface area contributed by atoms with Crippen molar-refractivity contribution in [3.05, 3.63) is 67.3 Å². The van der Waals surface area contributed by atoms with Crippen LogP contribution in [0.4, 0.5) is 0 Å². The number of benzene rings is 1. The highest BCUT2D eigenvalue weighted by Gasteiger charge is 2.15. The summed E-state index contributed by atoms with van der Waals surface area (Å²) in [5.41, 5.74) is 3.32. The maximum Gasteiger partial charge on any atom is 0.140 e. The van der Waals surface area contributed by atoms with Crippen LogP contribution in [0.2, 0.25) is 0 Å². The highest BCUT2D eigenvalue weighted by molar-refractivity contribution is 5.63. The van der Waals surface area contributed by atoms with Crippen LogP contribution in [0.25, 0.3) is 17.1 Å². The molecule has 0 aliphatic heterocycles. The molecule has 4 aromatic rings. The monoisotopic (exact) mass is 333 g/mol. The predicted molar refractivity (Wildman–Crippen MR) is 94.3 cm³/mol. The Bertz CT molecular complexity index is 951. The van der Waals surface area contributed by atoms with E-state index in [-0.39, 0.29) is 6.04 Å². The van der Waals surface area contributed by atoms with Gasteiger partial charge in [-0.15, -0.1) is 0 Å². The van der Waals surface area contributed by atoms with Crippen molar-refractivity contribution < 1.29 is 0 Å². The Hall–Kier alpha value is -3.22. The van der Waals surface area contributed by atoms with Gasteiger partial charge < -0.3 is 4.57 Å². The van der Waals surface area contributed by atoms with Crippen molar-refractivity contribution in [1.29, 1.82) is 0 Å². The van der Waals surface area contributed by atoms with Crippen molar-refractivity contribution in [1.82, 2.24) is 34.1 Å². The second-order valence-corrected chi connectivity index (χ2v) is 6.07. The van der Waals surface area contributed by atoms with E-state index in [1.54, 1.807) is 18.9 Å². The minimum Gasteiger partial charge on any atom is -0.326 e. The average Bonchev–Trinajstić information content (AvgIpc) is 3.36. The molecule has 0 saturated carbocycles. The van der Waals surface area contributed by atoms with E-state index >= 15 is 0 Å². The van der Waals surface area contributed by atoms with Crippen molar-refractivity contribution in [2.24, 2.45) is 0 Å². The fourth-order valence-electron chi connectivity index (χ4n) is 3.03. The van der Waals surface area contributed by atoms with Crippen LogP contribution in [0, 0.1) is 6.92 Å². The summed E-state index contributed by atoms with van der Waals surface area (Å²) in [7, 11) is 0. The van der Waals surface area contributed by atoms with Gasteiger partial charge in [0.05, 0.1) is 18.3 Å². The molecule has 0 N–H and O–H groups in total. The van der Waals surface area contributed by atoms with Gasteiger partial charge in [0.25, 0.3) is 0 Å². The first-order valence-electron chi connectivity index (χ1n) is 8.18. The van der Waals surface area contributed by atoms with Crippen LogP contribution in [0.15, 0.2) is 61.7 Å². The lowest BCUT2D eigenvalue weighted by Gasteiger charge is -2.17. The Labute approximate surface area is 145 Å².